The largest absolute Gasteiger partial charge is 0.257 e. The van der Waals surface area contributed by atoms with E-state index in [9.17, 15) is 0 Å². The molecular weight excluding hydrogens is 350 g/mol. The standard InChI is InChI=1S/C28H29N/c1-7-13-28(29-8-2)25(20-24(6)27-17-12-10-15-22(27)4)19-18-23(5)26-16-11-9-14-21(26)3/h7-20H,2,5-6H2,1,3-4H3/b13-7-,19-18-,25-20+,29-28?. The van der Waals surface area contributed by atoms with E-state index in [-0.39, 0.29) is 0 Å². The Morgan fingerprint density at radius 3 is 1.86 bits per heavy atom. The summed E-state index contributed by atoms with van der Waals surface area (Å²) in [5.74, 6) is 0. The van der Waals surface area contributed by atoms with Crippen molar-refractivity contribution in [1.82, 2.24) is 0 Å². The highest BCUT2D eigenvalue weighted by Gasteiger charge is 2.06. The van der Waals surface area contributed by atoms with Gasteiger partial charge in [0.2, 0.25) is 0 Å². The lowest BCUT2D eigenvalue weighted by molar-refractivity contribution is 1.43. The molecular formula is C28H29N. The van der Waals surface area contributed by atoms with Crippen molar-refractivity contribution >= 4 is 16.9 Å². The van der Waals surface area contributed by atoms with Crippen molar-refractivity contribution in [1.29, 1.82) is 0 Å². The fourth-order valence-corrected chi connectivity index (χ4v) is 3.09. The van der Waals surface area contributed by atoms with Gasteiger partial charge in [0.05, 0.1) is 5.71 Å². The number of rotatable bonds is 8. The summed E-state index contributed by atoms with van der Waals surface area (Å²) in [4.78, 5) is 4.46. The molecule has 0 saturated carbocycles. The number of hydrogen-bond donors (Lipinski definition) is 0. The molecule has 0 aliphatic heterocycles. The van der Waals surface area contributed by atoms with Gasteiger partial charge in [-0.1, -0.05) is 86.5 Å². The van der Waals surface area contributed by atoms with E-state index >= 15 is 0 Å². The third kappa shape index (κ3) is 6.02. The molecule has 29 heavy (non-hydrogen) atoms. The molecule has 0 aliphatic carbocycles. The van der Waals surface area contributed by atoms with Gasteiger partial charge < -0.3 is 0 Å². The molecule has 0 spiro atoms. The second kappa shape index (κ2) is 10.8. The number of aryl methyl sites for hydroxylation is 2. The smallest absolute Gasteiger partial charge is 0.0698 e. The molecule has 0 radical (unpaired) electrons. The maximum absolute atomic E-state index is 4.46. The second-order valence-corrected chi connectivity index (χ2v) is 6.81. The highest BCUT2D eigenvalue weighted by Crippen LogP contribution is 2.23. The van der Waals surface area contributed by atoms with Crippen LogP contribution in [-0.2, 0) is 0 Å². The highest BCUT2D eigenvalue weighted by molar-refractivity contribution is 6.12. The molecule has 1 heteroatoms. The van der Waals surface area contributed by atoms with Crippen LogP contribution in [0.15, 0.2) is 115 Å². The Kier molecular flexibility index (Phi) is 8.12. The number of benzene rings is 2. The van der Waals surface area contributed by atoms with E-state index in [4.69, 9.17) is 0 Å². The van der Waals surface area contributed by atoms with Crippen LogP contribution in [0.5, 0.6) is 0 Å². The lowest BCUT2D eigenvalue weighted by atomic mass is 9.96. The molecule has 0 aliphatic rings. The van der Waals surface area contributed by atoms with Crippen LogP contribution in [0.1, 0.15) is 29.2 Å². The van der Waals surface area contributed by atoms with Gasteiger partial charge in [-0.25, -0.2) is 0 Å². The van der Waals surface area contributed by atoms with Crippen molar-refractivity contribution in [2.75, 3.05) is 0 Å². The van der Waals surface area contributed by atoms with E-state index in [1.54, 1.807) is 6.20 Å². The van der Waals surface area contributed by atoms with Gasteiger partial charge in [0.15, 0.2) is 0 Å². The van der Waals surface area contributed by atoms with Gasteiger partial charge in [-0.15, -0.1) is 0 Å². The number of allylic oxidation sites excluding steroid dienone is 8. The van der Waals surface area contributed by atoms with Crippen LogP contribution in [0.4, 0.5) is 0 Å². The van der Waals surface area contributed by atoms with Gasteiger partial charge in [-0.05, 0) is 66.3 Å². The topological polar surface area (TPSA) is 12.4 Å². The molecule has 0 unspecified atom stereocenters. The molecule has 0 heterocycles. The first-order valence-electron chi connectivity index (χ1n) is 9.69. The van der Waals surface area contributed by atoms with Crippen molar-refractivity contribution in [2.45, 2.75) is 20.8 Å². The van der Waals surface area contributed by atoms with Crippen molar-refractivity contribution in [2.24, 2.45) is 4.99 Å². The van der Waals surface area contributed by atoms with Gasteiger partial charge in [0, 0.05) is 11.8 Å². The van der Waals surface area contributed by atoms with Crippen molar-refractivity contribution in [3.8, 4) is 0 Å². The lowest BCUT2D eigenvalue weighted by Gasteiger charge is -2.09. The molecule has 0 atom stereocenters. The van der Waals surface area contributed by atoms with E-state index in [1.165, 1.54) is 11.1 Å². The summed E-state index contributed by atoms with van der Waals surface area (Å²) < 4.78 is 0. The van der Waals surface area contributed by atoms with Gasteiger partial charge >= 0.3 is 0 Å². The normalized spacial score (nSPS) is 12.5. The Labute approximate surface area is 175 Å². The molecule has 0 aromatic heterocycles. The molecule has 1 nitrogen and oxygen atoms in total. The minimum Gasteiger partial charge on any atom is -0.257 e. The van der Waals surface area contributed by atoms with E-state index in [0.717, 1.165) is 33.6 Å². The van der Waals surface area contributed by atoms with Gasteiger partial charge in [0.25, 0.3) is 0 Å². The first-order chi connectivity index (χ1) is 14.0. The van der Waals surface area contributed by atoms with Crippen molar-refractivity contribution < 1.29 is 0 Å². The Bertz CT molecular complexity index is 1030. The van der Waals surface area contributed by atoms with E-state index in [2.05, 4.69) is 68.9 Å². The molecule has 0 bridgehead atoms. The van der Waals surface area contributed by atoms with Crippen LogP contribution >= 0.6 is 0 Å². The van der Waals surface area contributed by atoms with Crippen LogP contribution < -0.4 is 0 Å². The summed E-state index contributed by atoms with van der Waals surface area (Å²) in [5, 5.41) is 0. The van der Waals surface area contributed by atoms with Gasteiger partial charge in [0.1, 0.15) is 0 Å². The number of aliphatic imine (C=N–C) groups is 1. The minimum atomic E-state index is 0.825. The summed E-state index contributed by atoms with van der Waals surface area (Å²) >= 11 is 0. The quantitative estimate of drug-likeness (QED) is 0.329. The van der Waals surface area contributed by atoms with Crippen LogP contribution in [-0.4, -0.2) is 5.71 Å². The van der Waals surface area contributed by atoms with Crippen LogP contribution in [0, 0.1) is 13.8 Å². The molecule has 0 N–H and O–H groups in total. The van der Waals surface area contributed by atoms with E-state index < -0.39 is 0 Å². The monoisotopic (exact) mass is 379 g/mol. The first-order valence-corrected chi connectivity index (χ1v) is 9.69. The Morgan fingerprint density at radius 2 is 1.34 bits per heavy atom. The zero-order valence-corrected chi connectivity index (χ0v) is 17.7. The number of nitrogens with zero attached hydrogens (tertiary/aromatic N) is 1. The predicted octanol–water partition coefficient (Wildman–Crippen LogP) is 7.67. The average Bonchev–Trinajstić information content (AvgIpc) is 2.71. The third-order valence-corrected chi connectivity index (χ3v) is 4.63. The first kappa shape index (κ1) is 21.8. The molecule has 146 valence electrons. The van der Waals surface area contributed by atoms with E-state index in [1.807, 2.05) is 55.5 Å². The molecule has 2 aromatic carbocycles. The fourth-order valence-electron chi connectivity index (χ4n) is 3.09. The van der Waals surface area contributed by atoms with Crippen LogP contribution in [0.3, 0.4) is 0 Å². The Morgan fingerprint density at radius 1 is 0.793 bits per heavy atom. The number of hydrogen-bond acceptors (Lipinski definition) is 1. The third-order valence-electron chi connectivity index (χ3n) is 4.63. The highest BCUT2D eigenvalue weighted by atomic mass is 14.7. The summed E-state index contributed by atoms with van der Waals surface area (Å²) in [5.41, 5.74) is 8.31. The zero-order chi connectivity index (χ0) is 21.2. The minimum absolute atomic E-state index is 0.825. The van der Waals surface area contributed by atoms with Gasteiger partial charge in [-0.3, -0.25) is 4.99 Å². The Balaban J connectivity index is 2.48. The Hall–Kier alpha value is -3.45. The fraction of sp³-hybridized carbons (Fsp3) is 0.107. The lowest BCUT2D eigenvalue weighted by Crippen LogP contribution is -1.98. The second-order valence-electron chi connectivity index (χ2n) is 6.81. The van der Waals surface area contributed by atoms with Crippen LogP contribution in [0.25, 0.3) is 11.1 Å². The van der Waals surface area contributed by atoms with E-state index in [0.29, 0.717) is 0 Å². The average molecular weight is 380 g/mol. The summed E-state index contributed by atoms with van der Waals surface area (Å²) in [6.07, 6.45) is 11.6. The molecule has 2 aromatic rings. The summed E-state index contributed by atoms with van der Waals surface area (Å²) in [6, 6.07) is 16.5. The molecule has 0 fully saturated rings. The molecule has 0 amide bonds. The zero-order valence-electron chi connectivity index (χ0n) is 17.7. The molecule has 2 rings (SSSR count). The maximum atomic E-state index is 4.46. The predicted molar refractivity (Wildman–Crippen MR) is 130 cm³/mol. The maximum Gasteiger partial charge on any atom is 0.0698 e. The van der Waals surface area contributed by atoms with Crippen LogP contribution in [0.2, 0.25) is 0 Å². The van der Waals surface area contributed by atoms with Gasteiger partial charge in [-0.2, -0.15) is 0 Å². The van der Waals surface area contributed by atoms with Crippen molar-refractivity contribution in [3.63, 3.8) is 0 Å². The summed E-state index contributed by atoms with van der Waals surface area (Å²) in [7, 11) is 0. The summed E-state index contributed by atoms with van der Waals surface area (Å²) in [6.45, 7) is 18.5. The SMILES string of the molecule is C=CN=C(/C=C\C)C(/C=C\C(=C)c1ccccc1C)=C/C(=C)c1ccccc1C. The molecule has 0 saturated heterocycles. The van der Waals surface area contributed by atoms with Crippen molar-refractivity contribution in [3.05, 3.63) is 133 Å².